The third kappa shape index (κ3) is 3.65. The van der Waals surface area contributed by atoms with E-state index in [2.05, 4.69) is 15.5 Å². The predicted molar refractivity (Wildman–Crippen MR) is 101 cm³/mol. The van der Waals surface area contributed by atoms with Crippen LogP contribution >= 0.6 is 11.3 Å². The molecule has 0 aliphatic carbocycles. The summed E-state index contributed by atoms with van der Waals surface area (Å²) >= 11 is 1.33. The summed E-state index contributed by atoms with van der Waals surface area (Å²) in [6.45, 7) is 2.49. The lowest BCUT2D eigenvalue weighted by Crippen LogP contribution is -2.10. The van der Waals surface area contributed by atoms with Crippen molar-refractivity contribution in [3.05, 3.63) is 60.1 Å². The Morgan fingerprint density at radius 3 is 2.96 bits per heavy atom. The number of carbonyl (C=O) groups is 1. The predicted octanol–water partition coefficient (Wildman–Crippen LogP) is 4.74. The van der Waals surface area contributed by atoms with Crippen molar-refractivity contribution in [2.24, 2.45) is 0 Å². The van der Waals surface area contributed by atoms with Crippen LogP contribution in [0.15, 0.2) is 53.1 Å². The fourth-order valence-electron chi connectivity index (χ4n) is 2.54. The fourth-order valence-corrected chi connectivity index (χ4v) is 3.43. The average Bonchev–Trinajstić information content (AvgIpc) is 3.28. The number of amides is 1. The van der Waals surface area contributed by atoms with Gasteiger partial charge in [0.15, 0.2) is 5.13 Å². The van der Waals surface area contributed by atoms with Gasteiger partial charge in [0.1, 0.15) is 17.3 Å². The maximum Gasteiger partial charge on any atom is 0.296 e. The summed E-state index contributed by atoms with van der Waals surface area (Å²) in [5.41, 5.74) is 1.67. The molecule has 0 atom stereocenters. The molecule has 2 heterocycles. The van der Waals surface area contributed by atoms with Crippen molar-refractivity contribution in [2.45, 2.75) is 6.92 Å². The van der Waals surface area contributed by atoms with Crippen molar-refractivity contribution in [3.63, 3.8) is 0 Å². The first-order valence-electron chi connectivity index (χ1n) is 8.20. The number of rotatable bonds is 5. The van der Waals surface area contributed by atoms with Crippen LogP contribution in [0.3, 0.4) is 0 Å². The smallest absolute Gasteiger partial charge is 0.296 e. The number of nitrogens with zero attached hydrogens (tertiary/aromatic N) is 2. The second-order valence-corrected chi connectivity index (χ2v) is 6.65. The number of aromatic nitrogens is 2. The van der Waals surface area contributed by atoms with E-state index in [1.807, 2.05) is 25.1 Å². The second-order valence-electron chi connectivity index (χ2n) is 5.62. The zero-order valence-electron chi connectivity index (χ0n) is 14.2. The van der Waals surface area contributed by atoms with Crippen molar-refractivity contribution in [1.29, 1.82) is 0 Å². The highest BCUT2D eigenvalue weighted by Crippen LogP contribution is 2.30. The number of carbonyl (C=O) groups excluding carboxylic acids is 1. The first kappa shape index (κ1) is 17.2. The molecule has 0 unspecified atom stereocenters. The molecule has 2 aromatic carbocycles. The van der Waals surface area contributed by atoms with Crippen LogP contribution in [-0.2, 0) is 0 Å². The van der Waals surface area contributed by atoms with Crippen LogP contribution in [0, 0.1) is 5.82 Å². The summed E-state index contributed by atoms with van der Waals surface area (Å²) < 4.78 is 24.8. The molecule has 8 heteroatoms. The normalized spacial score (nSPS) is 10.9. The molecular formula is C19H14FN3O3S. The molecule has 0 fully saturated rings. The number of nitrogens with one attached hydrogen (secondary N) is 1. The van der Waals surface area contributed by atoms with Crippen LogP contribution in [0.5, 0.6) is 5.75 Å². The number of halogens is 1. The molecule has 0 aliphatic rings. The van der Waals surface area contributed by atoms with Gasteiger partial charge >= 0.3 is 0 Å². The lowest BCUT2D eigenvalue weighted by Gasteiger charge is -2.00. The van der Waals surface area contributed by atoms with Crippen molar-refractivity contribution < 1.29 is 18.4 Å². The van der Waals surface area contributed by atoms with Crippen LogP contribution in [0.1, 0.15) is 17.5 Å². The van der Waals surface area contributed by atoms with Gasteiger partial charge in [-0.1, -0.05) is 28.6 Å². The molecule has 2 aromatic heterocycles. The largest absolute Gasteiger partial charge is 0.494 e. The number of fused-ring (bicyclic) bond motifs is 1. The molecule has 27 heavy (non-hydrogen) atoms. The standard InChI is InChI=1S/C19H14FN3O3S/c1-2-25-13-6-7-14-17(9-13)27-19(21-14)22-18(24)16-10-15(23-26-16)11-4-3-5-12(20)8-11/h3-10H,2H2,1H3,(H,21,22,24). The highest BCUT2D eigenvalue weighted by molar-refractivity contribution is 7.22. The highest BCUT2D eigenvalue weighted by atomic mass is 32.1. The summed E-state index contributed by atoms with van der Waals surface area (Å²) in [5.74, 6) is -0.0957. The van der Waals surface area contributed by atoms with Gasteiger partial charge < -0.3 is 9.26 Å². The molecule has 0 spiro atoms. The maximum atomic E-state index is 13.3. The van der Waals surface area contributed by atoms with Gasteiger partial charge in [0.2, 0.25) is 5.76 Å². The lowest BCUT2D eigenvalue weighted by molar-refractivity contribution is 0.0988. The van der Waals surface area contributed by atoms with E-state index in [1.54, 1.807) is 12.1 Å². The molecule has 136 valence electrons. The summed E-state index contributed by atoms with van der Waals surface area (Å²) in [5, 5.41) is 6.96. The van der Waals surface area contributed by atoms with Crippen molar-refractivity contribution in [3.8, 4) is 17.0 Å². The Bertz CT molecular complexity index is 1120. The molecule has 1 amide bonds. The van der Waals surface area contributed by atoms with Crippen LogP contribution in [0.4, 0.5) is 9.52 Å². The summed E-state index contributed by atoms with van der Waals surface area (Å²) in [6, 6.07) is 12.9. The van der Waals surface area contributed by atoms with E-state index < -0.39 is 5.91 Å². The molecule has 0 saturated heterocycles. The van der Waals surface area contributed by atoms with E-state index in [9.17, 15) is 9.18 Å². The molecule has 1 N–H and O–H groups in total. The quantitative estimate of drug-likeness (QED) is 0.539. The number of anilines is 1. The molecule has 0 saturated carbocycles. The minimum Gasteiger partial charge on any atom is -0.494 e. The van der Waals surface area contributed by atoms with E-state index in [0.29, 0.717) is 23.0 Å². The van der Waals surface area contributed by atoms with Gasteiger partial charge in [0.25, 0.3) is 5.91 Å². The SMILES string of the molecule is CCOc1ccc2nc(NC(=O)c3cc(-c4cccc(F)c4)no3)sc2c1. The number of hydrogen-bond acceptors (Lipinski definition) is 6. The van der Waals surface area contributed by atoms with E-state index >= 15 is 0 Å². The topological polar surface area (TPSA) is 77.2 Å². The molecule has 0 bridgehead atoms. The molecule has 0 radical (unpaired) electrons. The van der Waals surface area contributed by atoms with Crippen LogP contribution in [0.25, 0.3) is 21.5 Å². The molecule has 4 rings (SSSR count). The lowest BCUT2D eigenvalue weighted by atomic mass is 10.1. The first-order valence-corrected chi connectivity index (χ1v) is 9.01. The highest BCUT2D eigenvalue weighted by Gasteiger charge is 2.16. The summed E-state index contributed by atoms with van der Waals surface area (Å²) in [6.07, 6.45) is 0. The Morgan fingerprint density at radius 1 is 1.26 bits per heavy atom. The Kier molecular flexibility index (Phi) is 4.55. The van der Waals surface area contributed by atoms with Gasteiger partial charge in [-0.25, -0.2) is 9.37 Å². The Balaban J connectivity index is 1.53. The third-order valence-corrected chi connectivity index (χ3v) is 4.68. The summed E-state index contributed by atoms with van der Waals surface area (Å²) in [7, 11) is 0. The van der Waals surface area contributed by atoms with Gasteiger partial charge in [-0.15, -0.1) is 0 Å². The van der Waals surface area contributed by atoms with Crippen LogP contribution in [0.2, 0.25) is 0 Å². The third-order valence-electron chi connectivity index (χ3n) is 3.75. The first-order chi connectivity index (χ1) is 13.1. The summed E-state index contributed by atoms with van der Waals surface area (Å²) in [4.78, 5) is 16.8. The Hall–Kier alpha value is -3.26. The average molecular weight is 383 g/mol. The van der Waals surface area contributed by atoms with E-state index in [-0.39, 0.29) is 11.6 Å². The van der Waals surface area contributed by atoms with E-state index in [4.69, 9.17) is 9.26 Å². The number of benzene rings is 2. The van der Waals surface area contributed by atoms with Crippen LogP contribution in [-0.4, -0.2) is 22.7 Å². The van der Waals surface area contributed by atoms with E-state index in [1.165, 1.54) is 29.5 Å². The van der Waals surface area contributed by atoms with Gasteiger partial charge in [-0.2, -0.15) is 0 Å². The number of ether oxygens (including phenoxy) is 1. The van der Waals surface area contributed by atoms with Crippen molar-refractivity contribution in [1.82, 2.24) is 10.1 Å². The zero-order chi connectivity index (χ0) is 18.8. The molecule has 4 aromatic rings. The van der Waals surface area contributed by atoms with Gasteiger partial charge in [-0.05, 0) is 37.3 Å². The minimum absolute atomic E-state index is 0.0172. The maximum absolute atomic E-state index is 13.3. The van der Waals surface area contributed by atoms with E-state index in [0.717, 1.165) is 16.0 Å². The molecule has 6 nitrogen and oxygen atoms in total. The van der Waals surface area contributed by atoms with Gasteiger partial charge in [0, 0.05) is 11.6 Å². The van der Waals surface area contributed by atoms with Crippen molar-refractivity contribution in [2.75, 3.05) is 11.9 Å². The Morgan fingerprint density at radius 2 is 2.15 bits per heavy atom. The minimum atomic E-state index is -0.478. The zero-order valence-corrected chi connectivity index (χ0v) is 15.0. The van der Waals surface area contributed by atoms with Crippen molar-refractivity contribution >= 4 is 32.6 Å². The monoisotopic (exact) mass is 383 g/mol. The van der Waals surface area contributed by atoms with Gasteiger partial charge in [-0.3, -0.25) is 10.1 Å². The second kappa shape index (κ2) is 7.16. The van der Waals surface area contributed by atoms with Gasteiger partial charge in [0.05, 0.1) is 16.8 Å². The van der Waals surface area contributed by atoms with Crippen LogP contribution < -0.4 is 10.1 Å². The molecular weight excluding hydrogens is 369 g/mol. The fraction of sp³-hybridized carbons (Fsp3) is 0.105. The Labute approximate surface area is 157 Å². The number of hydrogen-bond donors (Lipinski definition) is 1. The number of thiazole rings is 1. The molecule has 0 aliphatic heterocycles.